The first-order chi connectivity index (χ1) is 14.2. The Bertz CT molecular complexity index is 1160. The lowest BCUT2D eigenvalue weighted by atomic mass is 10.0. The number of hydrogen-bond donors (Lipinski definition) is 1. The minimum Gasteiger partial charge on any atom is -0.493 e. The van der Waals surface area contributed by atoms with Crippen molar-refractivity contribution >= 4 is 22.5 Å². The van der Waals surface area contributed by atoms with E-state index in [1.54, 1.807) is 26.4 Å². The highest BCUT2D eigenvalue weighted by Crippen LogP contribution is 2.37. The lowest BCUT2D eigenvalue weighted by Gasteiger charge is -2.14. The van der Waals surface area contributed by atoms with Gasteiger partial charge in [0, 0.05) is 16.5 Å². The quantitative estimate of drug-likeness (QED) is 0.516. The molecule has 1 aromatic heterocycles. The molecule has 0 aliphatic rings. The molecule has 144 valence electrons. The summed E-state index contributed by atoms with van der Waals surface area (Å²) >= 11 is 0. The fourth-order valence-corrected chi connectivity index (χ4v) is 3.24. The smallest absolute Gasteiger partial charge is 0.256 e. The lowest BCUT2D eigenvalue weighted by Crippen LogP contribution is -2.13. The first-order valence-corrected chi connectivity index (χ1v) is 9.18. The van der Waals surface area contributed by atoms with Crippen molar-refractivity contribution in [2.24, 2.45) is 0 Å². The normalized spacial score (nSPS) is 10.6. The van der Waals surface area contributed by atoms with Gasteiger partial charge in [-0.15, -0.1) is 0 Å². The van der Waals surface area contributed by atoms with Crippen LogP contribution in [0.3, 0.4) is 0 Å². The highest BCUT2D eigenvalue weighted by molar-refractivity contribution is 6.06. The summed E-state index contributed by atoms with van der Waals surface area (Å²) in [6.07, 6.45) is 0. The molecular weight excluding hydrogens is 364 g/mol. The Morgan fingerprint density at radius 1 is 0.828 bits per heavy atom. The van der Waals surface area contributed by atoms with Gasteiger partial charge in [-0.3, -0.25) is 4.79 Å². The maximum absolute atomic E-state index is 12.6. The Morgan fingerprint density at radius 3 is 2.10 bits per heavy atom. The number of benzene rings is 3. The predicted molar refractivity (Wildman–Crippen MR) is 115 cm³/mol. The minimum atomic E-state index is -0.211. The molecule has 5 heteroatoms. The van der Waals surface area contributed by atoms with Crippen molar-refractivity contribution in [3.8, 4) is 22.8 Å². The number of aromatic nitrogens is 1. The van der Waals surface area contributed by atoms with Crippen molar-refractivity contribution in [1.82, 2.24) is 4.98 Å². The summed E-state index contributed by atoms with van der Waals surface area (Å²) in [7, 11) is 3.20. The number of nitrogens with zero attached hydrogens (tertiary/aromatic N) is 1. The molecule has 0 bridgehead atoms. The van der Waals surface area contributed by atoms with Crippen LogP contribution in [0.5, 0.6) is 11.5 Å². The number of methoxy groups -OCH3 is 2. The van der Waals surface area contributed by atoms with E-state index in [2.05, 4.69) is 5.32 Å². The van der Waals surface area contributed by atoms with Crippen molar-refractivity contribution in [2.45, 2.75) is 0 Å². The number of anilines is 1. The van der Waals surface area contributed by atoms with E-state index in [-0.39, 0.29) is 5.91 Å². The number of amides is 1. The fourth-order valence-electron chi connectivity index (χ4n) is 3.24. The van der Waals surface area contributed by atoms with Crippen molar-refractivity contribution in [1.29, 1.82) is 0 Å². The number of carbonyl (C=O) groups is 1. The number of nitrogens with one attached hydrogen (secondary N) is 1. The van der Waals surface area contributed by atoms with Crippen LogP contribution in [0.4, 0.5) is 5.82 Å². The highest BCUT2D eigenvalue weighted by Gasteiger charge is 2.15. The molecule has 0 radical (unpaired) electrons. The van der Waals surface area contributed by atoms with Crippen LogP contribution >= 0.6 is 0 Å². The van der Waals surface area contributed by atoms with Gasteiger partial charge in [-0.2, -0.15) is 0 Å². The summed E-state index contributed by atoms with van der Waals surface area (Å²) < 4.78 is 10.9. The zero-order valence-corrected chi connectivity index (χ0v) is 16.2. The Balaban J connectivity index is 1.86. The zero-order chi connectivity index (χ0) is 20.2. The van der Waals surface area contributed by atoms with Gasteiger partial charge in [0.2, 0.25) is 0 Å². The van der Waals surface area contributed by atoms with Gasteiger partial charge in [0.15, 0.2) is 11.5 Å². The summed E-state index contributed by atoms with van der Waals surface area (Å²) in [5.41, 5.74) is 2.27. The molecular formula is C24H20N2O3. The molecule has 0 fully saturated rings. The van der Waals surface area contributed by atoms with Gasteiger partial charge in [-0.05, 0) is 35.7 Å². The molecule has 3 aromatic carbocycles. The van der Waals surface area contributed by atoms with Gasteiger partial charge in [-0.25, -0.2) is 4.98 Å². The number of rotatable bonds is 5. The standard InChI is InChI=1S/C24H20N2O3/c1-28-20-13-18-14-22(26-24(27)17-11-7-4-8-12-17)25-23(16-9-5-3-6-10-16)19(18)15-21(20)29-2/h3-15H,1-2H3,(H,25,26,27). The van der Waals surface area contributed by atoms with E-state index in [4.69, 9.17) is 14.5 Å². The molecule has 4 aromatic rings. The van der Waals surface area contributed by atoms with Crippen LogP contribution in [0.15, 0.2) is 78.9 Å². The topological polar surface area (TPSA) is 60.5 Å². The number of ether oxygens (including phenoxy) is 2. The van der Waals surface area contributed by atoms with Crippen LogP contribution in [0.1, 0.15) is 10.4 Å². The maximum Gasteiger partial charge on any atom is 0.256 e. The Kier molecular flexibility index (Phi) is 5.12. The summed E-state index contributed by atoms with van der Waals surface area (Å²) in [4.78, 5) is 17.4. The Morgan fingerprint density at radius 2 is 1.45 bits per heavy atom. The van der Waals surface area contributed by atoms with Gasteiger partial charge in [0.05, 0.1) is 19.9 Å². The van der Waals surface area contributed by atoms with Crippen LogP contribution < -0.4 is 14.8 Å². The third kappa shape index (κ3) is 3.75. The monoisotopic (exact) mass is 384 g/mol. The maximum atomic E-state index is 12.6. The lowest BCUT2D eigenvalue weighted by molar-refractivity contribution is 0.102. The Labute approximate surface area is 168 Å². The van der Waals surface area contributed by atoms with E-state index in [0.717, 1.165) is 22.0 Å². The van der Waals surface area contributed by atoms with Crippen molar-refractivity contribution in [2.75, 3.05) is 19.5 Å². The van der Waals surface area contributed by atoms with Crippen molar-refractivity contribution in [3.63, 3.8) is 0 Å². The second-order valence-corrected chi connectivity index (χ2v) is 6.47. The van der Waals surface area contributed by atoms with E-state index < -0.39 is 0 Å². The summed E-state index contributed by atoms with van der Waals surface area (Å²) in [5.74, 6) is 1.50. The second kappa shape index (κ2) is 8.02. The van der Waals surface area contributed by atoms with E-state index in [9.17, 15) is 4.79 Å². The average Bonchev–Trinajstić information content (AvgIpc) is 2.78. The largest absolute Gasteiger partial charge is 0.493 e. The Hall–Kier alpha value is -3.86. The number of hydrogen-bond acceptors (Lipinski definition) is 4. The van der Waals surface area contributed by atoms with Gasteiger partial charge < -0.3 is 14.8 Å². The molecule has 0 saturated heterocycles. The second-order valence-electron chi connectivity index (χ2n) is 6.47. The molecule has 5 nitrogen and oxygen atoms in total. The van der Waals surface area contributed by atoms with E-state index in [1.807, 2.05) is 66.7 Å². The average molecular weight is 384 g/mol. The molecule has 1 N–H and O–H groups in total. The predicted octanol–water partition coefficient (Wildman–Crippen LogP) is 5.17. The third-order valence-corrected chi connectivity index (χ3v) is 4.66. The van der Waals surface area contributed by atoms with Gasteiger partial charge in [0.1, 0.15) is 5.82 Å². The first-order valence-electron chi connectivity index (χ1n) is 9.18. The molecule has 0 saturated carbocycles. The molecule has 0 spiro atoms. The molecule has 0 aliphatic carbocycles. The molecule has 0 atom stereocenters. The number of carbonyl (C=O) groups excluding carboxylic acids is 1. The number of pyridine rings is 1. The van der Waals surface area contributed by atoms with Gasteiger partial charge >= 0.3 is 0 Å². The molecule has 4 rings (SSSR count). The third-order valence-electron chi connectivity index (χ3n) is 4.66. The summed E-state index contributed by atoms with van der Waals surface area (Å²) in [6.45, 7) is 0. The summed E-state index contributed by atoms with van der Waals surface area (Å²) in [5, 5.41) is 4.70. The van der Waals surface area contributed by atoms with Gasteiger partial charge in [-0.1, -0.05) is 48.5 Å². The van der Waals surface area contributed by atoms with E-state index in [0.29, 0.717) is 22.9 Å². The minimum absolute atomic E-state index is 0.211. The molecule has 0 unspecified atom stereocenters. The van der Waals surface area contributed by atoms with E-state index >= 15 is 0 Å². The SMILES string of the molecule is COc1cc2cc(NC(=O)c3ccccc3)nc(-c3ccccc3)c2cc1OC. The van der Waals surface area contributed by atoms with Crippen LogP contribution in [0.25, 0.3) is 22.0 Å². The van der Waals surface area contributed by atoms with Crippen LogP contribution in [-0.4, -0.2) is 25.1 Å². The molecule has 29 heavy (non-hydrogen) atoms. The van der Waals surface area contributed by atoms with Crippen molar-refractivity contribution < 1.29 is 14.3 Å². The highest BCUT2D eigenvalue weighted by atomic mass is 16.5. The first kappa shape index (κ1) is 18.5. The van der Waals surface area contributed by atoms with Gasteiger partial charge in [0.25, 0.3) is 5.91 Å². The summed E-state index contributed by atoms with van der Waals surface area (Å²) in [6, 6.07) is 24.5. The fraction of sp³-hybridized carbons (Fsp3) is 0.0833. The van der Waals surface area contributed by atoms with Crippen LogP contribution in [0.2, 0.25) is 0 Å². The van der Waals surface area contributed by atoms with Crippen LogP contribution in [-0.2, 0) is 0 Å². The van der Waals surface area contributed by atoms with Crippen molar-refractivity contribution in [3.05, 3.63) is 84.4 Å². The molecule has 0 aliphatic heterocycles. The number of fused-ring (bicyclic) bond motifs is 1. The van der Waals surface area contributed by atoms with Crippen LogP contribution in [0, 0.1) is 0 Å². The molecule has 1 heterocycles. The molecule has 1 amide bonds. The zero-order valence-electron chi connectivity index (χ0n) is 16.2. The van der Waals surface area contributed by atoms with E-state index in [1.165, 1.54) is 0 Å².